The highest BCUT2D eigenvalue weighted by Crippen LogP contribution is 2.28. The predicted octanol–water partition coefficient (Wildman–Crippen LogP) is 3.66. The van der Waals surface area contributed by atoms with Crippen LogP contribution >= 0.6 is 22.9 Å². The molecule has 1 aliphatic rings. The number of halogens is 1. The zero-order chi connectivity index (χ0) is 20.8. The smallest absolute Gasteiger partial charge is 0.246 e. The fraction of sp³-hybridized carbons (Fsp3) is 0.364. The number of ether oxygens (including phenoxy) is 2. The molecule has 4 rings (SSSR count). The molecule has 1 aromatic heterocycles. The highest BCUT2D eigenvalue weighted by atomic mass is 35.5. The van der Waals surface area contributed by atoms with Gasteiger partial charge in [0.05, 0.1) is 36.1 Å². The lowest BCUT2D eigenvalue weighted by molar-refractivity contribution is -0.126. The summed E-state index contributed by atoms with van der Waals surface area (Å²) in [6.07, 6.45) is 0. The third kappa shape index (κ3) is 5.36. The van der Waals surface area contributed by atoms with Crippen LogP contribution in [-0.2, 0) is 20.9 Å². The van der Waals surface area contributed by atoms with Crippen LogP contribution in [0.4, 0.5) is 0 Å². The summed E-state index contributed by atoms with van der Waals surface area (Å²) in [5, 5.41) is 4.57. The van der Waals surface area contributed by atoms with Gasteiger partial charge in [-0.2, -0.15) is 0 Å². The van der Waals surface area contributed by atoms with Gasteiger partial charge in [-0.05, 0) is 23.8 Å². The van der Waals surface area contributed by atoms with Crippen LogP contribution in [0.25, 0.3) is 10.2 Å². The van der Waals surface area contributed by atoms with Gasteiger partial charge in [-0.25, -0.2) is 4.98 Å². The Balaban J connectivity index is 1.31. The third-order valence-corrected chi connectivity index (χ3v) is 6.39. The Kier molecular flexibility index (Phi) is 7.30. The Morgan fingerprint density at radius 1 is 1.20 bits per heavy atom. The van der Waals surface area contributed by atoms with Gasteiger partial charge < -0.3 is 14.8 Å². The van der Waals surface area contributed by atoms with Crippen molar-refractivity contribution in [3.8, 4) is 0 Å². The molecule has 3 aromatic rings. The van der Waals surface area contributed by atoms with Gasteiger partial charge in [0.1, 0.15) is 11.6 Å². The second-order valence-electron chi connectivity index (χ2n) is 7.06. The molecule has 6 nitrogen and oxygen atoms in total. The number of hydrogen-bond donors (Lipinski definition) is 1. The fourth-order valence-corrected chi connectivity index (χ4v) is 4.71. The number of hydrogen-bond acceptors (Lipinski definition) is 6. The normalized spacial score (nSPS) is 15.9. The summed E-state index contributed by atoms with van der Waals surface area (Å²) in [5.41, 5.74) is 1.97. The highest BCUT2D eigenvalue weighted by molar-refractivity contribution is 7.18. The van der Waals surface area contributed by atoms with Crippen LogP contribution in [0.2, 0.25) is 5.02 Å². The number of amides is 1. The van der Waals surface area contributed by atoms with E-state index < -0.39 is 0 Å². The van der Waals surface area contributed by atoms with Gasteiger partial charge in [-0.15, -0.1) is 11.3 Å². The first-order chi connectivity index (χ1) is 14.7. The molecular formula is C22H24ClN3O3S. The lowest BCUT2D eigenvalue weighted by atomic mass is 10.0. The fourth-order valence-electron chi connectivity index (χ4n) is 3.54. The monoisotopic (exact) mass is 445 g/mol. The van der Waals surface area contributed by atoms with Gasteiger partial charge >= 0.3 is 0 Å². The molecule has 0 aliphatic carbocycles. The van der Waals surface area contributed by atoms with E-state index in [-0.39, 0.29) is 18.6 Å². The van der Waals surface area contributed by atoms with Crippen molar-refractivity contribution in [1.82, 2.24) is 15.2 Å². The summed E-state index contributed by atoms with van der Waals surface area (Å²) < 4.78 is 12.2. The van der Waals surface area contributed by atoms with E-state index >= 15 is 0 Å². The minimum Gasteiger partial charge on any atom is -0.379 e. The van der Waals surface area contributed by atoms with E-state index in [4.69, 9.17) is 21.1 Å². The first-order valence-corrected chi connectivity index (χ1v) is 11.2. The number of aromatic nitrogens is 1. The molecule has 1 saturated heterocycles. The summed E-state index contributed by atoms with van der Waals surface area (Å²) in [6.45, 7) is 3.76. The molecule has 2 aromatic carbocycles. The first kappa shape index (κ1) is 21.2. The SMILES string of the molecule is O=C(COCc1nc2ccccc2s1)NCC(c1ccccc1Cl)N1CCOCC1. The van der Waals surface area contributed by atoms with Crippen molar-refractivity contribution in [2.75, 3.05) is 39.5 Å². The summed E-state index contributed by atoms with van der Waals surface area (Å²) in [7, 11) is 0. The molecule has 0 radical (unpaired) electrons. The lowest BCUT2D eigenvalue weighted by Crippen LogP contribution is -2.44. The number of nitrogens with zero attached hydrogens (tertiary/aromatic N) is 2. The van der Waals surface area contributed by atoms with E-state index in [1.165, 1.54) is 0 Å². The zero-order valence-corrected chi connectivity index (χ0v) is 18.1. The number of benzene rings is 2. The highest BCUT2D eigenvalue weighted by Gasteiger charge is 2.24. The summed E-state index contributed by atoms with van der Waals surface area (Å²) in [5.74, 6) is -0.151. The number of morpholine rings is 1. The van der Waals surface area contributed by atoms with Crippen LogP contribution in [0.15, 0.2) is 48.5 Å². The second kappa shape index (κ2) is 10.3. The second-order valence-corrected chi connectivity index (χ2v) is 8.58. The summed E-state index contributed by atoms with van der Waals surface area (Å²) >= 11 is 8.02. The molecule has 1 amide bonds. The van der Waals surface area contributed by atoms with Crippen LogP contribution < -0.4 is 5.32 Å². The maximum atomic E-state index is 12.4. The van der Waals surface area contributed by atoms with E-state index in [0.29, 0.717) is 31.4 Å². The third-order valence-electron chi connectivity index (χ3n) is 5.04. The van der Waals surface area contributed by atoms with Crippen LogP contribution in [0.5, 0.6) is 0 Å². The van der Waals surface area contributed by atoms with Crippen molar-refractivity contribution in [1.29, 1.82) is 0 Å². The van der Waals surface area contributed by atoms with Gasteiger partial charge in [0.15, 0.2) is 0 Å². The average Bonchev–Trinajstić information content (AvgIpc) is 3.18. The first-order valence-electron chi connectivity index (χ1n) is 9.96. The van der Waals surface area contributed by atoms with Crippen molar-refractivity contribution in [2.45, 2.75) is 12.6 Å². The van der Waals surface area contributed by atoms with E-state index in [0.717, 1.165) is 33.9 Å². The molecule has 2 heterocycles. The van der Waals surface area contributed by atoms with Crippen molar-refractivity contribution in [2.24, 2.45) is 0 Å². The molecular weight excluding hydrogens is 422 g/mol. The number of para-hydroxylation sites is 1. The summed E-state index contributed by atoms with van der Waals surface area (Å²) in [4.78, 5) is 19.2. The molecule has 1 fully saturated rings. The number of carbonyl (C=O) groups is 1. The Bertz CT molecular complexity index is 957. The molecule has 0 saturated carbocycles. The van der Waals surface area contributed by atoms with Crippen molar-refractivity contribution in [3.05, 3.63) is 64.1 Å². The lowest BCUT2D eigenvalue weighted by Gasteiger charge is -2.35. The molecule has 1 N–H and O–H groups in total. The van der Waals surface area contributed by atoms with E-state index in [1.54, 1.807) is 11.3 Å². The zero-order valence-electron chi connectivity index (χ0n) is 16.6. The Morgan fingerprint density at radius 3 is 2.77 bits per heavy atom. The number of fused-ring (bicyclic) bond motifs is 1. The molecule has 0 bridgehead atoms. The molecule has 0 spiro atoms. The van der Waals surface area contributed by atoms with E-state index in [2.05, 4.69) is 15.2 Å². The van der Waals surface area contributed by atoms with E-state index in [9.17, 15) is 4.79 Å². The molecule has 1 atom stereocenters. The predicted molar refractivity (Wildman–Crippen MR) is 119 cm³/mol. The standard InChI is InChI=1S/C22H24ClN3O3S/c23-17-6-2-1-5-16(17)19(26-9-11-28-12-10-26)13-24-21(27)14-29-15-22-25-18-7-3-4-8-20(18)30-22/h1-8,19H,9-15H2,(H,24,27). The molecule has 1 unspecified atom stereocenters. The molecule has 30 heavy (non-hydrogen) atoms. The molecule has 158 valence electrons. The average molecular weight is 446 g/mol. The van der Waals surface area contributed by atoms with Crippen LogP contribution in [0.3, 0.4) is 0 Å². The van der Waals surface area contributed by atoms with Crippen LogP contribution in [0.1, 0.15) is 16.6 Å². The quantitative estimate of drug-likeness (QED) is 0.573. The number of nitrogens with one attached hydrogen (secondary N) is 1. The van der Waals surface area contributed by atoms with Gasteiger partial charge in [-0.3, -0.25) is 9.69 Å². The number of carbonyl (C=O) groups excluding carboxylic acids is 1. The minimum atomic E-state index is -0.151. The Morgan fingerprint density at radius 2 is 1.97 bits per heavy atom. The van der Waals surface area contributed by atoms with Crippen LogP contribution in [-0.4, -0.2) is 55.2 Å². The minimum absolute atomic E-state index is 0.00388. The molecule has 8 heteroatoms. The number of thiazole rings is 1. The van der Waals surface area contributed by atoms with Gasteiger partial charge in [-0.1, -0.05) is 41.9 Å². The van der Waals surface area contributed by atoms with E-state index in [1.807, 2.05) is 48.5 Å². The Hall–Kier alpha value is -2.03. The van der Waals surface area contributed by atoms with Gasteiger partial charge in [0, 0.05) is 24.7 Å². The van der Waals surface area contributed by atoms with Gasteiger partial charge in [0.2, 0.25) is 5.91 Å². The largest absolute Gasteiger partial charge is 0.379 e. The topological polar surface area (TPSA) is 63.7 Å². The Labute approximate surface area is 184 Å². The maximum absolute atomic E-state index is 12.4. The summed E-state index contributed by atoms with van der Waals surface area (Å²) in [6, 6.07) is 15.7. The van der Waals surface area contributed by atoms with Gasteiger partial charge in [0.25, 0.3) is 0 Å². The van der Waals surface area contributed by atoms with Crippen molar-refractivity contribution >= 4 is 39.1 Å². The van der Waals surface area contributed by atoms with Crippen molar-refractivity contribution < 1.29 is 14.3 Å². The maximum Gasteiger partial charge on any atom is 0.246 e. The number of rotatable bonds is 8. The molecule has 1 aliphatic heterocycles. The van der Waals surface area contributed by atoms with Crippen LogP contribution in [0, 0.1) is 0 Å². The van der Waals surface area contributed by atoms with Crippen molar-refractivity contribution in [3.63, 3.8) is 0 Å².